The summed E-state index contributed by atoms with van der Waals surface area (Å²) in [5.74, 6) is -2.53. The van der Waals surface area contributed by atoms with Gasteiger partial charge in [0.05, 0.1) is 11.3 Å². The molecule has 0 amide bonds. The van der Waals surface area contributed by atoms with Crippen LogP contribution in [0.2, 0.25) is 0 Å². The first-order valence-corrected chi connectivity index (χ1v) is 6.29. The molecule has 1 aromatic heterocycles. The molecule has 3 rings (SSSR count). The van der Waals surface area contributed by atoms with Crippen molar-refractivity contribution in [2.45, 2.75) is 0 Å². The summed E-state index contributed by atoms with van der Waals surface area (Å²) in [4.78, 5) is 3.91. The van der Waals surface area contributed by atoms with E-state index < -0.39 is 17.5 Å². The van der Waals surface area contributed by atoms with Gasteiger partial charge in [-0.25, -0.2) is 13.2 Å². The first-order valence-electron chi connectivity index (χ1n) is 6.29. The van der Waals surface area contributed by atoms with Crippen LogP contribution in [-0.2, 0) is 0 Å². The van der Waals surface area contributed by atoms with Gasteiger partial charge in [0.15, 0.2) is 11.6 Å². The zero-order valence-electron chi connectivity index (χ0n) is 11.1. The maximum Gasteiger partial charge on any atom is 0.160 e. The number of nitrogens with zero attached hydrogens (tertiary/aromatic N) is 2. The Labute approximate surface area is 123 Å². The maximum absolute atomic E-state index is 13.8. The van der Waals surface area contributed by atoms with E-state index in [9.17, 15) is 13.2 Å². The van der Waals surface area contributed by atoms with Crippen LogP contribution in [0.4, 0.5) is 24.5 Å². The number of para-hydroxylation sites is 1. The lowest BCUT2D eigenvalue weighted by Gasteiger charge is -2.12. The lowest BCUT2D eigenvalue weighted by molar-refractivity contribution is 0.509. The third kappa shape index (κ3) is 2.33. The van der Waals surface area contributed by atoms with E-state index in [1.165, 1.54) is 24.4 Å². The predicted molar refractivity (Wildman–Crippen MR) is 76.1 cm³/mol. The van der Waals surface area contributed by atoms with Gasteiger partial charge in [-0.2, -0.15) is 5.26 Å². The molecule has 1 heterocycles. The number of halogens is 3. The normalized spacial score (nSPS) is 10.5. The van der Waals surface area contributed by atoms with Gasteiger partial charge in [-0.15, -0.1) is 0 Å². The number of aromatic nitrogens is 1. The molecular formula is C16H8F3N3. The molecule has 0 saturated heterocycles. The molecule has 0 radical (unpaired) electrons. The molecule has 0 spiro atoms. The number of anilines is 2. The Morgan fingerprint density at radius 2 is 1.82 bits per heavy atom. The van der Waals surface area contributed by atoms with Crippen molar-refractivity contribution in [1.82, 2.24) is 4.98 Å². The van der Waals surface area contributed by atoms with Crippen molar-refractivity contribution in [3.8, 4) is 6.07 Å². The minimum absolute atomic E-state index is 0.0894. The molecule has 0 aliphatic heterocycles. The van der Waals surface area contributed by atoms with Gasteiger partial charge in [-0.1, -0.05) is 12.1 Å². The molecule has 0 fully saturated rings. The van der Waals surface area contributed by atoms with Crippen LogP contribution in [-0.4, -0.2) is 4.98 Å². The van der Waals surface area contributed by atoms with Gasteiger partial charge >= 0.3 is 0 Å². The van der Waals surface area contributed by atoms with Crippen LogP contribution in [0.25, 0.3) is 10.9 Å². The fourth-order valence-electron chi connectivity index (χ4n) is 2.12. The predicted octanol–water partition coefficient (Wildman–Crippen LogP) is 4.27. The summed E-state index contributed by atoms with van der Waals surface area (Å²) in [5, 5.41) is 12.4. The molecule has 0 aliphatic rings. The average Bonchev–Trinajstić information content (AvgIpc) is 2.52. The van der Waals surface area contributed by atoms with E-state index in [1.807, 2.05) is 6.07 Å². The number of benzene rings is 2. The van der Waals surface area contributed by atoms with Gasteiger partial charge in [0.2, 0.25) is 0 Å². The van der Waals surface area contributed by atoms with E-state index in [1.54, 1.807) is 6.07 Å². The minimum Gasteiger partial charge on any atom is -0.354 e. The number of fused-ring (bicyclic) bond motifs is 1. The van der Waals surface area contributed by atoms with Gasteiger partial charge < -0.3 is 5.32 Å². The van der Waals surface area contributed by atoms with E-state index in [2.05, 4.69) is 10.3 Å². The van der Waals surface area contributed by atoms with Crippen molar-refractivity contribution in [1.29, 1.82) is 5.26 Å². The van der Waals surface area contributed by atoms with Crippen molar-refractivity contribution in [2.24, 2.45) is 0 Å². The molecule has 108 valence electrons. The molecule has 3 aromatic rings. The summed E-state index contributed by atoms with van der Waals surface area (Å²) >= 11 is 0. The largest absolute Gasteiger partial charge is 0.354 e. The second-order valence-electron chi connectivity index (χ2n) is 4.55. The van der Waals surface area contributed by atoms with E-state index >= 15 is 0 Å². The number of pyridine rings is 1. The number of nitriles is 1. The summed E-state index contributed by atoms with van der Waals surface area (Å²) in [6.45, 7) is 0. The molecule has 2 aromatic carbocycles. The number of hydrogen-bond acceptors (Lipinski definition) is 3. The van der Waals surface area contributed by atoms with Crippen LogP contribution in [0.3, 0.4) is 0 Å². The van der Waals surface area contributed by atoms with Crippen molar-refractivity contribution >= 4 is 22.3 Å². The molecule has 0 unspecified atom stereocenters. The SMILES string of the molecule is N#Cc1cnc2c(F)cccc2c1Nc1ccc(F)c(F)c1. The molecule has 3 nitrogen and oxygen atoms in total. The highest BCUT2D eigenvalue weighted by Gasteiger charge is 2.12. The van der Waals surface area contributed by atoms with Crippen LogP contribution < -0.4 is 5.32 Å². The Bertz CT molecular complexity index is 916. The van der Waals surface area contributed by atoms with Crippen LogP contribution in [0, 0.1) is 28.8 Å². The molecule has 0 bridgehead atoms. The standard InChI is InChI=1S/C16H8F3N3/c17-12-5-4-10(6-14(12)19)22-15-9(7-20)8-21-16-11(15)2-1-3-13(16)18/h1-6,8H,(H,21,22). The quantitative estimate of drug-likeness (QED) is 0.769. The summed E-state index contributed by atoms with van der Waals surface area (Å²) < 4.78 is 40.0. The molecule has 0 atom stereocenters. The highest BCUT2D eigenvalue weighted by Crippen LogP contribution is 2.30. The molecule has 0 saturated carbocycles. The van der Waals surface area contributed by atoms with Crippen LogP contribution in [0.15, 0.2) is 42.6 Å². The number of nitrogens with one attached hydrogen (secondary N) is 1. The summed E-state index contributed by atoms with van der Waals surface area (Å²) in [7, 11) is 0. The first-order chi connectivity index (χ1) is 10.6. The highest BCUT2D eigenvalue weighted by atomic mass is 19.2. The maximum atomic E-state index is 13.8. The van der Waals surface area contributed by atoms with E-state index in [0.717, 1.165) is 12.1 Å². The zero-order valence-corrected chi connectivity index (χ0v) is 11.1. The fourth-order valence-corrected chi connectivity index (χ4v) is 2.12. The first kappa shape index (κ1) is 13.9. The third-order valence-electron chi connectivity index (χ3n) is 3.16. The molecular weight excluding hydrogens is 291 g/mol. The third-order valence-corrected chi connectivity index (χ3v) is 3.16. The molecule has 6 heteroatoms. The van der Waals surface area contributed by atoms with Crippen molar-refractivity contribution < 1.29 is 13.2 Å². The Morgan fingerprint density at radius 1 is 1.00 bits per heavy atom. The van der Waals surface area contributed by atoms with Gasteiger partial charge in [-0.3, -0.25) is 4.98 Å². The van der Waals surface area contributed by atoms with Gasteiger partial charge in [0, 0.05) is 23.3 Å². The summed E-state index contributed by atoms with van der Waals surface area (Å²) in [5.41, 5.74) is 0.791. The Hall–Kier alpha value is -3.07. The van der Waals surface area contributed by atoms with Crippen LogP contribution in [0.1, 0.15) is 5.56 Å². The second kappa shape index (κ2) is 5.37. The lowest BCUT2D eigenvalue weighted by atomic mass is 10.1. The smallest absolute Gasteiger partial charge is 0.160 e. The minimum atomic E-state index is -1.02. The van der Waals surface area contributed by atoms with Crippen molar-refractivity contribution in [3.05, 3.63) is 65.6 Å². The Morgan fingerprint density at radius 3 is 2.55 bits per heavy atom. The molecule has 0 aliphatic carbocycles. The average molecular weight is 299 g/mol. The number of hydrogen-bond donors (Lipinski definition) is 1. The van der Waals surface area contributed by atoms with Crippen molar-refractivity contribution in [2.75, 3.05) is 5.32 Å². The Kier molecular flexibility index (Phi) is 3.39. The van der Waals surface area contributed by atoms with Crippen LogP contribution >= 0.6 is 0 Å². The second-order valence-corrected chi connectivity index (χ2v) is 4.55. The lowest BCUT2D eigenvalue weighted by Crippen LogP contribution is -1.98. The summed E-state index contributed by atoms with van der Waals surface area (Å²) in [6, 6.07) is 9.52. The van der Waals surface area contributed by atoms with E-state index in [0.29, 0.717) is 5.39 Å². The molecule has 1 N–H and O–H groups in total. The highest BCUT2D eigenvalue weighted by molar-refractivity contribution is 5.95. The van der Waals surface area contributed by atoms with E-state index in [4.69, 9.17) is 5.26 Å². The zero-order chi connectivity index (χ0) is 15.7. The topological polar surface area (TPSA) is 48.7 Å². The summed E-state index contributed by atoms with van der Waals surface area (Å²) in [6.07, 6.45) is 1.23. The van der Waals surface area contributed by atoms with E-state index in [-0.39, 0.29) is 22.5 Å². The monoisotopic (exact) mass is 299 g/mol. The van der Waals surface area contributed by atoms with Crippen molar-refractivity contribution in [3.63, 3.8) is 0 Å². The Balaban J connectivity index is 2.18. The van der Waals surface area contributed by atoms with Crippen LogP contribution in [0.5, 0.6) is 0 Å². The van der Waals surface area contributed by atoms with Gasteiger partial charge in [-0.05, 0) is 18.2 Å². The molecule has 22 heavy (non-hydrogen) atoms. The van der Waals surface area contributed by atoms with Gasteiger partial charge in [0.25, 0.3) is 0 Å². The fraction of sp³-hybridized carbons (Fsp3) is 0. The van der Waals surface area contributed by atoms with Gasteiger partial charge in [0.1, 0.15) is 17.4 Å². The number of rotatable bonds is 2.